The second kappa shape index (κ2) is 5.59. The molecule has 0 radical (unpaired) electrons. The molecule has 1 saturated heterocycles. The Morgan fingerprint density at radius 1 is 1.29 bits per heavy atom. The molecule has 0 spiro atoms. The van der Waals surface area contributed by atoms with E-state index < -0.39 is 0 Å². The van der Waals surface area contributed by atoms with Crippen molar-refractivity contribution in [1.82, 2.24) is 0 Å². The molecule has 0 aliphatic carbocycles. The second-order valence-corrected chi connectivity index (χ2v) is 5.96. The molecule has 1 fully saturated rings. The number of nitrogens with one attached hydrogen (secondary N) is 1. The van der Waals surface area contributed by atoms with Crippen molar-refractivity contribution in [3.63, 3.8) is 0 Å². The van der Waals surface area contributed by atoms with Crippen LogP contribution in [0.4, 0.5) is 5.69 Å². The first-order valence-corrected chi connectivity index (χ1v) is 7.08. The van der Waals surface area contributed by atoms with Gasteiger partial charge in [0.1, 0.15) is 0 Å². The van der Waals surface area contributed by atoms with Gasteiger partial charge < -0.3 is 10.1 Å². The summed E-state index contributed by atoms with van der Waals surface area (Å²) in [4.78, 5) is 0. The summed E-state index contributed by atoms with van der Waals surface area (Å²) in [5.41, 5.74) is 1.10. The Labute approximate surface area is 116 Å². The fourth-order valence-electron chi connectivity index (χ4n) is 2.34. The lowest BCUT2D eigenvalue weighted by Gasteiger charge is -2.33. The Morgan fingerprint density at radius 2 is 1.94 bits per heavy atom. The van der Waals surface area contributed by atoms with Gasteiger partial charge in [-0.15, -0.1) is 0 Å². The molecule has 2 rings (SSSR count). The number of rotatable bonds is 2. The van der Waals surface area contributed by atoms with E-state index in [0.29, 0.717) is 18.2 Å². The fourth-order valence-corrected chi connectivity index (χ4v) is 2.84. The first-order chi connectivity index (χ1) is 8.04. The molecule has 0 bridgehead atoms. The number of benzene rings is 1. The topological polar surface area (TPSA) is 21.3 Å². The summed E-state index contributed by atoms with van der Waals surface area (Å²) in [7, 11) is 0. The second-order valence-electron chi connectivity index (χ2n) is 4.70. The van der Waals surface area contributed by atoms with E-state index in [4.69, 9.17) is 16.3 Å². The summed E-state index contributed by atoms with van der Waals surface area (Å²) < 4.78 is 6.65. The van der Waals surface area contributed by atoms with Crippen LogP contribution >= 0.6 is 27.5 Å². The van der Waals surface area contributed by atoms with Crippen LogP contribution in [0, 0.1) is 0 Å². The first-order valence-electron chi connectivity index (χ1n) is 5.91. The fraction of sp³-hybridized carbons (Fsp3) is 0.538. The third-order valence-corrected chi connectivity index (χ3v) is 4.20. The number of ether oxygens (including phenoxy) is 1. The predicted octanol–water partition coefficient (Wildman–Crippen LogP) is 4.47. The lowest BCUT2D eigenvalue weighted by molar-refractivity contribution is -0.0337. The van der Waals surface area contributed by atoms with Crippen LogP contribution < -0.4 is 5.32 Å². The summed E-state index contributed by atoms with van der Waals surface area (Å²) in [6, 6.07) is 6.41. The van der Waals surface area contributed by atoms with Crippen molar-refractivity contribution in [1.29, 1.82) is 0 Å². The minimum absolute atomic E-state index is 0.326. The van der Waals surface area contributed by atoms with Crippen LogP contribution in [0.5, 0.6) is 0 Å². The minimum Gasteiger partial charge on any atom is -0.382 e. The highest BCUT2D eigenvalue weighted by Gasteiger charge is 2.24. The predicted molar refractivity (Wildman–Crippen MR) is 75.8 cm³/mol. The van der Waals surface area contributed by atoms with Crippen molar-refractivity contribution in [2.24, 2.45) is 0 Å². The van der Waals surface area contributed by atoms with E-state index in [0.717, 1.165) is 28.0 Å². The molecule has 0 aromatic heterocycles. The number of hydrogen-bond donors (Lipinski definition) is 1. The van der Waals surface area contributed by atoms with Gasteiger partial charge in [-0.1, -0.05) is 11.6 Å². The molecule has 0 amide bonds. The lowest BCUT2D eigenvalue weighted by atomic mass is 9.99. The van der Waals surface area contributed by atoms with Crippen molar-refractivity contribution in [3.05, 3.63) is 27.7 Å². The number of anilines is 1. The summed E-state index contributed by atoms with van der Waals surface area (Å²) in [5.74, 6) is 0. The summed E-state index contributed by atoms with van der Waals surface area (Å²) in [6.07, 6.45) is 2.74. The molecule has 1 heterocycles. The van der Waals surface area contributed by atoms with E-state index in [1.807, 2.05) is 18.2 Å². The molecular formula is C13H17BrClNO. The van der Waals surface area contributed by atoms with Gasteiger partial charge in [-0.05, 0) is 60.8 Å². The standard InChI is InChI=1S/C13H17BrClNO/c1-8-5-11(6-9(2)17-8)16-10-3-4-13(15)12(14)7-10/h3-4,7-9,11,16H,5-6H2,1-2H3. The van der Waals surface area contributed by atoms with E-state index in [1.165, 1.54) is 0 Å². The third-order valence-electron chi connectivity index (χ3n) is 2.99. The normalized spacial score (nSPS) is 29.1. The van der Waals surface area contributed by atoms with Crippen molar-refractivity contribution >= 4 is 33.2 Å². The molecule has 1 aromatic rings. The van der Waals surface area contributed by atoms with Gasteiger partial charge in [-0.25, -0.2) is 0 Å². The van der Waals surface area contributed by atoms with Gasteiger partial charge in [0, 0.05) is 16.2 Å². The smallest absolute Gasteiger partial charge is 0.0570 e. The highest BCUT2D eigenvalue weighted by molar-refractivity contribution is 9.10. The Hall–Kier alpha value is -0.250. The molecule has 1 aliphatic rings. The van der Waals surface area contributed by atoms with E-state index in [-0.39, 0.29) is 0 Å². The van der Waals surface area contributed by atoms with Crippen LogP contribution in [0.15, 0.2) is 22.7 Å². The highest BCUT2D eigenvalue weighted by Crippen LogP contribution is 2.28. The van der Waals surface area contributed by atoms with Crippen molar-refractivity contribution in [2.45, 2.75) is 44.9 Å². The quantitative estimate of drug-likeness (QED) is 0.868. The monoisotopic (exact) mass is 317 g/mol. The molecule has 1 aromatic carbocycles. The molecule has 1 N–H and O–H groups in total. The Bertz CT molecular complexity index is 389. The molecule has 2 nitrogen and oxygen atoms in total. The van der Waals surface area contributed by atoms with Gasteiger partial charge in [-0.2, -0.15) is 0 Å². The molecule has 2 unspecified atom stereocenters. The van der Waals surface area contributed by atoms with Gasteiger partial charge in [0.15, 0.2) is 0 Å². The van der Waals surface area contributed by atoms with Gasteiger partial charge in [0.2, 0.25) is 0 Å². The molecular weight excluding hydrogens is 302 g/mol. The van der Waals surface area contributed by atoms with E-state index >= 15 is 0 Å². The van der Waals surface area contributed by atoms with Crippen molar-refractivity contribution in [2.75, 3.05) is 5.32 Å². The average Bonchev–Trinajstić information content (AvgIpc) is 2.22. The summed E-state index contributed by atoms with van der Waals surface area (Å²) in [5, 5.41) is 4.28. The van der Waals surface area contributed by atoms with Crippen LogP contribution in [0.2, 0.25) is 5.02 Å². The number of halogens is 2. The maximum absolute atomic E-state index is 5.98. The SMILES string of the molecule is CC1CC(Nc2ccc(Cl)c(Br)c2)CC(C)O1. The van der Waals surface area contributed by atoms with Crippen LogP contribution in [0.25, 0.3) is 0 Å². The van der Waals surface area contributed by atoms with Gasteiger partial charge in [0.25, 0.3) is 0 Å². The first kappa shape index (κ1) is 13.2. The third kappa shape index (κ3) is 3.60. The van der Waals surface area contributed by atoms with E-state index in [1.54, 1.807) is 0 Å². The number of hydrogen-bond acceptors (Lipinski definition) is 2. The molecule has 17 heavy (non-hydrogen) atoms. The molecule has 4 heteroatoms. The Morgan fingerprint density at radius 3 is 2.53 bits per heavy atom. The van der Waals surface area contributed by atoms with E-state index in [9.17, 15) is 0 Å². The zero-order valence-corrected chi connectivity index (χ0v) is 12.4. The Balaban J connectivity index is 2.02. The highest BCUT2D eigenvalue weighted by atomic mass is 79.9. The Kier molecular flexibility index (Phi) is 4.34. The molecule has 0 saturated carbocycles. The zero-order valence-electron chi connectivity index (χ0n) is 10.0. The van der Waals surface area contributed by atoms with Crippen molar-refractivity contribution < 1.29 is 4.74 Å². The summed E-state index contributed by atoms with van der Waals surface area (Å²) >= 11 is 9.41. The molecule has 2 atom stereocenters. The average molecular weight is 319 g/mol. The maximum atomic E-state index is 5.98. The van der Waals surface area contributed by atoms with Gasteiger partial charge >= 0.3 is 0 Å². The maximum Gasteiger partial charge on any atom is 0.0570 e. The van der Waals surface area contributed by atoms with Crippen molar-refractivity contribution in [3.8, 4) is 0 Å². The minimum atomic E-state index is 0.326. The summed E-state index contributed by atoms with van der Waals surface area (Å²) in [6.45, 7) is 4.25. The van der Waals surface area contributed by atoms with Crippen LogP contribution in [-0.4, -0.2) is 18.2 Å². The van der Waals surface area contributed by atoms with Gasteiger partial charge in [0.05, 0.1) is 17.2 Å². The largest absolute Gasteiger partial charge is 0.382 e. The van der Waals surface area contributed by atoms with Gasteiger partial charge in [-0.3, -0.25) is 0 Å². The molecule has 94 valence electrons. The van der Waals surface area contributed by atoms with Crippen LogP contribution in [-0.2, 0) is 4.74 Å². The lowest BCUT2D eigenvalue weighted by Crippen LogP contribution is -2.36. The van der Waals surface area contributed by atoms with Crippen LogP contribution in [0.1, 0.15) is 26.7 Å². The van der Waals surface area contributed by atoms with Crippen LogP contribution in [0.3, 0.4) is 0 Å². The van der Waals surface area contributed by atoms with E-state index in [2.05, 4.69) is 35.1 Å². The molecule has 1 aliphatic heterocycles. The zero-order chi connectivity index (χ0) is 12.4.